The fraction of sp³-hybridized carbons (Fsp3) is 0.647. The van der Waals surface area contributed by atoms with Crippen LogP contribution >= 0.6 is 11.3 Å². The lowest BCUT2D eigenvalue weighted by Crippen LogP contribution is -2.45. The Balaban J connectivity index is 1.63. The topological polar surface area (TPSA) is 49.4 Å². The predicted octanol–water partition coefficient (Wildman–Crippen LogP) is 2.62. The van der Waals surface area contributed by atoms with Crippen molar-refractivity contribution in [3.05, 3.63) is 21.4 Å². The first-order chi connectivity index (χ1) is 10.7. The van der Waals surface area contributed by atoms with Gasteiger partial charge in [0.25, 0.3) is 5.91 Å². The van der Waals surface area contributed by atoms with Gasteiger partial charge in [0.05, 0.1) is 10.8 Å². The van der Waals surface area contributed by atoms with Crippen LogP contribution in [-0.2, 0) is 17.6 Å². The first-order valence-corrected chi connectivity index (χ1v) is 9.19. The van der Waals surface area contributed by atoms with Crippen molar-refractivity contribution in [2.75, 3.05) is 19.6 Å². The Bertz CT molecular complexity index is 546. The molecule has 0 bridgehead atoms. The van der Waals surface area contributed by atoms with E-state index >= 15 is 0 Å². The van der Waals surface area contributed by atoms with Crippen LogP contribution in [0.3, 0.4) is 0 Å². The number of aryl methyl sites for hydroxylation is 2. The number of carbonyl (C=O) groups is 2. The Labute approximate surface area is 135 Å². The van der Waals surface area contributed by atoms with Gasteiger partial charge in [-0.1, -0.05) is 6.92 Å². The molecule has 1 aliphatic heterocycles. The van der Waals surface area contributed by atoms with Gasteiger partial charge in [0.2, 0.25) is 5.91 Å². The first kappa shape index (κ1) is 15.5. The summed E-state index contributed by atoms with van der Waals surface area (Å²) in [6.45, 7) is 4.11. The van der Waals surface area contributed by atoms with Crippen LogP contribution in [0.15, 0.2) is 6.07 Å². The largest absolute Gasteiger partial charge is 0.356 e. The minimum Gasteiger partial charge on any atom is -0.356 e. The Morgan fingerprint density at radius 1 is 1.36 bits per heavy atom. The molecule has 1 aromatic heterocycles. The summed E-state index contributed by atoms with van der Waals surface area (Å²) in [4.78, 5) is 28.9. The maximum atomic E-state index is 12.7. The van der Waals surface area contributed by atoms with Crippen LogP contribution in [0.1, 0.15) is 52.7 Å². The maximum Gasteiger partial charge on any atom is 0.263 e. The summed E-state index contributed by atoms with van der Waals surface area (Å²) in [5.41, 5.74) is 1.36. The molecule has 3 rings (SSSR count). The molecular formula is C17H24N2O2S. The number of hydrogen-bond acceptors (Lipinski definition) is 3. The highest BCUT2D eigenvalue weighted by Crippen LogP contribution is 2.32. The second kappa shape index (κ2) is 6.82. The molecule has 2 amide bonds. The van der Waals surface area contributed by atoms with E-state index in [1.54, 1.807) is 11.3 Å². The molecule has 0 saturated carbocycles. The van der Waals surface area contributed by atoms with E-state index in [1.807, 2.05) is 11.8 Å². The van der Waals surface area contributed by atoms with Crippen LogP contribution < -0.4 is 5.32 Å². The van der Waals surface area contributed by atoms with Gasteiger partial charge in [0, 0.05) is 24.5 Å². The summed E-state index contributed by atoms with van der Waals surface area (Å²) in [6.07, 6.45) is 6.21. The smallest absolute Gasteiger partial charge is 0.263 e. The second-order valence-corrected chi connectivity index (χ2v) is 7.43. The Morgan fingerprint density at radius 2 is 2.23 bits per heavy atom. The van der Waals surface area contributed by atoms with Gasteiger partial charge in [-0.15, -0.1) is 11.3 Å². The molecular weight excluding hydrogens is 296 g/mol. The van der Waals surface area contributed by atoms with E-state index in [9.17, 15) is 9.59 Å². The zero-order valence-electron chi connectivity index (χ0n) is 13.2. The number of thiophene rings is 1. The van der Waals surface area contributed by atoms with Gasteiger partial charge in [0.15, 0.2) is 0 Å². The van der Waals surface area contributed by atoms with Crippen LogP contribution in [0.2, 0.25) is 0 Å². The van der Waals surface area contributed by atoms with E-state index < -0.39 is 0 Å². The molecule has 0 unspecified atom stereocenters. The number of nitrogens with one attached hydrogen (secondary N) is 1. The lowest BCUT2D eigenvalue weighted by Gasteiger charge is -2.31. The summed E-state index contributed by atoms with van der Waals surface area (Å²) < 4.78 is 0. The predicted molar refractivity (Wildman–Crippen MR) is 88.3 cm³/mol. The van der Waals surface area contributed by atoms with Crippen LogP contribution in [0.25, 0.3) is 0 Å². The van der Waals surface area contributed by atoms with E-state index in [1.165, 1.54) is 16.9 Å². The summed E-state index contributed by atoms with van der Waals surface area (Å²) in [5.74, 6) is 0.177. The number of likely N-dealkylation sites (tertiary alicyclic amines) is 1. The third kappa shape index (κ3) is 3.19. The number of amides is 2. The number of nitrogens with zero attached hydrogens (tertiary/aromatic N) is 1. The molecule has 120 valence electrons. The van der Waals surface area contributed by atoms with Gasteiger partial charge in [-0.3, -0.25) is 9.59 Å². The van der Waals surface area contributed by atoms with Crippen LogP contribution in [0.4, 0.5) is 0 Å². The average molecular weight is 320 g/mol. The minimum absolute atomic E-state index is 0.0453. The normalized spacial score (nSPS) is 20.8. The Hall–Kier alpha value is -1.36. The number of piperidine rings is 1. The van der Waals surface area contributed by atoms with Gasteiger partial charge in [-0.2, -0.15) is 0 Å². The monoisotopic (exact) mass is 320 g/mol. The second-order valence-electron chi connectivity index (χ2n) is 6.29. The molecule has 1 atom stereocenters. The van der Waals surface area contributed by atoms with Crippen molar-refractivity contribution >= 4 is 23.2 Å². The van der Waals surface area contributed by atoms with E-state index in [-0.39, 0.29) is 17.7 Å². The zero-order chi connectivity index (χ0) is 15.5. The van der Waals surface area contributed by atoms with Crippen LogP contribution in [-0.4, -0.2) is 36.3 Å². The minimum atomic E-state index is -0.0453. The van der Waals surface area contributed by atoms with Crippen LogP contribution in [0, 0.1) is 5.92 Å². The average Bonchev–Trinajstić information content (AvgIpc) is 3.13. The number of hydrogen-bond donors (Lipinski definition) is 1. The van der Waals surface area contributed by atoms with E-state index in [0.29, 0.717) is 6.54 Å². The standard InChI is InChI=1S/C17H24N2O2S/c1-2-8-18-16(20)13-6-4-9-19(11-13)17(21)15-10-12-5-3-7-14(12)22-15/h10,13H,2-9,11H2,1H3,(H,18,20)/t13-/m0/s1. The van der Waals surface area contributed by atoms with Gasteiger partial charge >= 0.3 is 0 Å². The Morgan fingerprint density at radius 3 is 3.00 bits per heavy atom. The van der Waals surface area contributed by atoms with Crippen molar-refractivity contribution in [3.8, 4) is 0 Å². The fourth-order valence-corrected chi connectivity index (χ4v) is 4.58. The summed E-state index contributed by atoms with van der Waals surface area (Å²) in [5, 5.41) is 2.96. The third-order valence-electron chi connectivity index (χ3n) is 4.59. The molecule has 2 heterocycles. The van der Waals surface area contributed by atoms with Gasteiger partial charge < -0.3 is 10.2 Å². The van der Waals surface area contributed by atoms with Crippen molar-refractivity contribution in [1.29, 1.82) is 0 Å². The van der Waals surface area contributed by atoms with E-state index in [4.69, 9.17) is 0 Å². The molecule has 1 aromatic rings. The molecule has 0 radical (unpaired) electrons. The van der Waals surface area contributed by atoms with E-state index in [0.717, 1.165) is 50.1 Å². The van der Waals surface area contributed by atoms with Gasteiger partial charge in [0.1, 0.15) is 0 Å². The lowest BCUT2D eigenvalue weighted by atomic mass is 9.97. The quantitative estimate of drug-likeness (QED) is 0.927. The summed E-state index contributed by atoms with van der Waals surface area (Å²) >= 11 is 1.66. The maximum absolute atomic E-state index is 12.7. The highest BCUT2D eigenvalue weighted by atomic mass is 32.1. The molecule has 5 heteroatoms. The molecule has 0 spiro atoms. The highest BCUT2D eigenvalue weighted by Gasteiger charge is 2.30. The highest BCUT2D eigenvalue weighted by molar-refractivity contribution is 7.14. The molecule has 1 fully saturated rings. The first-order valence-electron chi connectivity index (χ1n) is 8.37. The molecule has 22 heavy (non-hydrogen) atoms. The molecule has 1 saturated heterocycles. The van der Waals surface area contributed by atoms with Gasteiger partial charge in [-0.05, 0) is 50.2 Å². The van der Waals surface area contributed by atoms with Gasteiger partial charge in [-0.25, -0.2) is 0 Å². The summed E-state index contributed by atoms with van der Waals surface area (Å²) in [7, 11) is 0. The molecule has 1 aliphatic carbocycles. The van der Waals surface area contributed by atoms with Crippen molar-refractivity contribution in [1.82, 2.24) is 10.2 Å². The zero-order valence-corrected chi connectivity index (χ0v) is 14.0. The summed E-state index contributed by atoms with van der Waals surface area (Å²) in [6, 6.07) is 2.08. The molecule has 0 aromatic carbocycles. The van der Waals surface area contributed by atoms with Crippen molar-refractivity contribution in [3.63, 3.8) is 0 Å². The molecule has 4 nitrogen and oxygen atoms in total. The Kier molecular flexibility index (Phi) is 4.81. The number of carbonyl (C=O) groups excluding carboxylic acids is 2. The lowest BCUT2D eigenvalue weighted by molar-refractivity contribution is -0.126. The van der Waals surface area contributed by atoms with Crippen LogP contribution in [0.5, 0.6) is 0 Å². The number of fused-ring (bicyclic) bond motifs is 1. The molecule has 2 aliphatic rings. The van der Waals surface area contributed by atoms with Crippen molar-refractivity contribution in [2.45, 2.75) is 45.4 Å². The van der Waals surface area contributed by atoms with E-state index in [2.05, 4.69) is 11.4 Å². The molecule has 1 N–H and O–H groups in total. The SMILES string of the molecule is CCCNC(=O)[C@H]1CCCN(C(=O)c2cc3c(s2)CCC3)C1. The van der Waals surface area contributed by atoms with Crippen molar-refractivity contribution < 1.29 is 9.59 Å². The third-order valence-corrected chi connectivity index (χ3v) is 5.81. The van der Waals surface area contributed by atoms with Crippen molar-refractivity contribution in [2.24, 2.45) is 5.92 Å². The number of rotatable bonds is 4. The fourth-order valence-electron chi connectivity index (χ4n) is 3.36.